The van der Waals surface area contributed by atoms with E-state index in [0.29, 0.717) is 0 Å². The first-order chi connectivity index (χ1) is 17.8. The molecule has 2 aromatic heterocycles. The molecule has 0 fully saturated rings. The lowest BCUT2D eigenvalue weighted by Crippen LogP contribution is -1.76. The van der Waals surface area contributed by atoms with E-state index in [1.54, 1.807) is 0 Å². The van der Waals surface area contributed by atoms with Crippen molar-refractivity contribution >= 4 is 87.3 Å². The molecule has 2 heteroatoms. The van der Waals surface area contributed by atoms with Gasteiger partial charge in [0.2, 0.25) is 0 Å². The molecule has 0 radical (unpaired) electrons. The Morgan fingerprint density at radius 1 is 0.333 bits per heavy atom. The van der Waals surface area contributed by atoms with Crippen LogP contribution in [0.2, 0.25) is 0 Å². The summed E-state index contributed by atoms with van der Waals surface area (Å²) in [6, 6.07) is 39.5. The molecule has 0 unspecified atom stereocenters. The lowest BCUT2D eigenvalue weighted by atomic mass is 10.1. The predicted molar refractivity (Wildman–Crippen MR) is 163 cm³/mol. The second-order valence-corrected chi connectivity index (χ2v) is 11.2. The van der Waals surface area contributed by atoms with Crippen molar-refractivity contribution in [3.63, 3.8) is 0 Å². The minimum Gasteiger partial charge on any atom is -0.135 e. The highest BCUT2D eigenvalue weighted by Crippen LogP contribution is 2.35. The van der Waals surface area contributed by atoms with Crippen LogP contribution < -0.4 is 0 Å². The first-order valence-corrected chi connectivity index (χ1v) is 13.7. The Hall–Kier alpha value is -3.98. The van der Waals surface area contributed by atoms with Gasteiger partial charge in [-0.3, -0.25) is 0 Å². The average molecular weight is 495 g/mol. The molecule has 0 atom stereocenters. The third kappa shape index (κ3) is 3.95. The van der Waals surface area contributed by atoms with Gasteiger partial charge < -0.3 is 0 Å². The zero-order chi connectivity index (χ0) is 23.9. The maximum absolute atomic E-state index is 2.29. The average Bonchev–Trinajstić information content (AvgIpc) is 3.48. The molecule has 36 heavy (non-hydrogen) atoms. The summed E-state index contributed by atoms with van der Waals surface area (Å²) in [6.45, 7) is 0. The molecule has 0 amide bonds. The molecular weight excluding hydrogens is 473 g/mol. The second-order valence-electron chi connectivity index (χ2n) is 9.04. The van der Waals surface area contributed by atoms with Crippen LogP contribution in [0.3, 0.4) is 0 Å². The Kier molecular flexibility index (Phi) is 5.27. The number of rotatable bonds is 4. The summed E-state index contributed by atoms with van der Waals surface area (Å²) in [4.78, 5) is 0. The molecule has 170 valence electrons. The summed E-state index contributed by atoms with van der Waals surface area (Å²) < 4.78 is 5.38. The Balaban J connectivity index is 1.09. The minimum atomic E-state index is 1.20. The Labute approximate surface area is 218 Å². The van der Waals surface area contributed by atoms with E-state index in [1.165, 1.54) is 62.6 Å². The summed E-state index contributed by atoms with van der Waals surface area (Å²) in [5, 5.41) is 5.38. The number of hydrogen-bond acceptors (Lipinski definition) is 2. The maximum atomic E-state index is 2.29. The standard InChI is InChI=1S/C34H22S2/c1-3-7-31-27(5-1)29-19-17-25(21-33(29)35-31)15-13-23-9-11-24(12-10-23)14-16-26-18-20-30-28-6-2-4-8-32(28)36-34(30)22-26/h1-22H. The first kappa shape index (κ1) is 21.3. The van der Waals surface area contributed by atoms with Gasteiger partial charge in [-0.25, -0.2) is 0 Å². The fourth-order valence-electron chi connectivity index (χ4n) is 4.80. The van der Waals surface area contributed by atoms with E-state index in [0.717, 1.165) is 0 Å². The van der Waals surface area contributed by atoms with Crippen molar-refractivity contribution < 1.29 is 0 Å². The van der Waals surface area contributed by atoms with Gasteiger partial charge in [0.25, 0.3) is 0 Å². The summed E-state index contributed by atoms with van der Waals surface area (Å²) in [5.74, 6) is 0. The van der Waals surface area contributed by atoms with E-state index in [9.17, 15) is 0 Å². The third-order valence-corrected chi connectivity index (χ3v) is 8.95. The SMILES string of the molecule is C(=Cc1ccc2c(c1)sc1ccccc12)c1ccc(C=Cc2ccc3c(c2)sc2ccccc23)cc1. The molecule has 7 aromatic rings. The Morgan fingerprint density at radius 2 is 0.694 bits per heavy atom. The molecule has 0 spiro atoms. The molecule has 2 heterocycles. The summed E-state index contributed by atoms with van der Waals surface area (Å²) in [6.07, 6.45) is 8.79. The Bertz CT molecular complexity index is 1790. The van der Waals surface area contributed by atoms with Crippen LogP contribution in [0, 0.1) is 0 Å². The molecule has 0 aliphatic rings. The van der Waals surface area contributed by atoms with Crippen molar-refractivity contribution in [2.75, 3.05) is 0 Å². The van der Waals surface area contributed by atoms with Gasteiger partial charge in [-0.05, 0) is 46.5 Å². The largest absolute Gasteiger partial charge is 0.135 e. The quantitative estimate of drug-likeness (QED) is 0.213. The van der Waals surface area contributed by atoms with Crippen LogP contribution in [-0.4, -0.2) is 0 Å². The Morgan fingerprint density at radius 3 is 1.17 bits per heavy atom. The van der Waals surface area contributed by atoms with Gasteiger partial charge in [-0.1, -0.05) is 109 Å². The van der Waals surface area contributed by atoms with Crippen molar-refractivity contribution in [3.8, 4) is 0 Å². The van der Waals surface area contributed by atoms with Crippen LogP contribution in [0.5, 0.6) is 0 Å². The lowest BCUT2D eigenvalue weighted by Gasteiger charge is -1.99. The lowest BCUT2D eigenvalue weighted by molar-refractivity contribution is 1.62. The molecule has 0 N–H and O–H groups in total. The van der Waals surface area contributed by atoms with Crippen molar-refractivity contribution in [1.29, 1.82) is 0 Å². The highest BCUT2D eigenvalue weighted by atomic mass is 32.1. The van der Waals surface area contributed by atoms with Crippen LogP contribution in [0.15, 0.2) is 109 Å². The van der Waals surface area contributed by atoms with Gasteiger partial charge in [0.1, 0.15) is 0 Å². The molecule has 0 aliphatic carbocycles. The van der Waals surface area contributed by atoms with Crippen LogP contribution in [0.25, 0.3) is 64.6 Å². The van der Waals surface area contributed by atoms with Gasteiger partial charge in [0.15, 0.2) is 0 Å². The van der Waals surface area contributed by atoms with E-state index in [1.807, 2.05) is 22.7 Å². The predicted octanol–water partition coefficient (Wildman–Crippen LogP) is 10.8. The van der Waals surface area contributed by atoms with Gasteiger partial charge in [0.05, 0.1) is 0 Å². The topological polar surface area (TPSA) is 0 Å². The first-order valence-electron chi connectivity index (χ1n) is 12.1. The van der Waals surface area contributed by atoms with Crippen LogP contribution in [0.1, 0.15) is 22.3 Å². The molecule has 7 rings (SSSR count). The molecule has 5 aromatic carbocycles. The van der Waals surface area contributed by atoms with E-state index in [4.69, 9.17) is 0 Å². The van der Waals surface area contributed by atoms with Crippen molar-refractivity contribution in [2.45, 2.75) is 0 Å². The molecule has 0 bridgehead atoms. The van der Waals surface area contributed by atoms with Gasteiger partial charge in [-0.2, -0.15) is 0 Å². The second kappa shape index (κ2) is 8.91. The summed E-state index contributed by atoms with van der Waals surface area (Å²) in [7, 11) is 0. The molecule has 0 saturated heterocycles. The van der Waals surface area contributed by atoms with Gasteiger partial charge in [0, 0.05) is 40.3 Å². The van der Waals surface area contributed by atoms with E-state index in [-0.39, 0.29) is 0 Å². The number of hydrogen-bond donors (Lipinski definition) is 0. The monoisotopic (exact) mass is 494 g/mol. The van der Waals surface area contributed by atoms with Crippen molar-refractivity contribution in [2.24, 2.45) is 0 Å². The van der Waals surface area contributed by atoms with Crippen molar-refractivity contribution in [3.05, 3.63) is 131 Å². The number of fused-ring (bicyclic) bond motifs is 6. The fourth-order valence-corrected chi connectivity index (χ4v) is 7.10. The van der Waals surface area contributed by atoms with Crippen LogP contribution in [0.4, 0.5) is 0 Å². The van der Waals surface area contributed by atoms with Gasteiger partial charge >= 0.3 is 0 Å². The molecule has 0 nitrogen and oxygen atoms in total. The van der Waals surface area contributed by atoms with E-state index in [2.05, 4.69) is 133 Å². The van der Waals surface area contributed by atoms with Crippen LogP contribution in [-0.2, 0) is 0 Å². The zero-order valence-corrected chi connectivity index (χ0v) is 21.2. The molecular formula is C34H22S2. The van der Waals surface area contributed by atoms with Crippen LogP contribution >= 0.6 is 22.7 Å². The number of thiophene rings is 2. The summed E-state index contributed by atoms with van der Waals surface area (Å²) in [5.41, 5.74) is 4.87. The highest BCUT2D eigenvalue weighted by Gasteiger charge is 2.05. The maximum Gasteiger partial charge on any atom is 0.0361 e. The molecule has 0 aliphatic heterocycles. The normalized spacial score (nSPS) is 12.2. The third-order valence-electron chi connectivity index (χ3n) is 6.68. The zero-order valence-electron chi connectivity index (χ0n) is 19.5. The van der Waals surface area contributed by atoms with Crippen molar-refractivity contribution in [1.82, 2.24) is 0 Å². The molecule has 0 saturated carbocycles. The van der Waals surface area contributed by atoms with E-state index < -0.39 is 0 Å². The minimum absolute atomic E-state index is 1.20. The number of benzene rings is 5. The van der Waals surface area contributed by atoms with E-state index >= 15 is 0 Å². The van der Waals surface area contributed by atoms with Gasteiger partial charge in [-0.15, -0.1) is 22.7 Å². The highest BCUT2D eigenvalue weighted by molar-refractivity contribution is 7.26. The fraction of sp³-hybridized carbons (Fsp3) is 0. The summed E-state index contributed by atoms with van der Waals surface area (Å²) >= 11 is 3.73. The smallest absolute Gasteiger partial charge is 0.0361 e.